The Morgan fingerprint density at radius 1 is 1.11 bits per heavy atom. The van der Waals surface area contributed by atoms with E-state index in [-0.39, 0.29) is 0 Å². The average Bonchev–Trinajstić information content (AvgIpc) is 2.11. The van der Waals surface area contributed by atoms with Crippen LogP contribution in [-0.4, -0.2) is 35.6 Å². The third kappa shape index (κ3) is 4.90. The molecule has 0 aromatic rings. The molecule has 0 radical (unpaired) electrons. The molecular formula is C7H10F7O4P. The molecule has 116 valence electrons. The van der Waals surface area contributed by atoms with Crippen LogP contribution in [0.15, 0.2) is 0 Å². The molecule has 0 bridgehead atoms. The number of halogens is 7. The van der Waals surface area contributed by atoms with Crippen LogP contribution in [-0.2, 0) is 13.6 Å². The lowest BCUT2D eigenvalue weighted by molar-refractivity contribution is -0.358. The zero-order valence-electron chi connectivity index (χ0n) is 9.55. The Hall–Kier alpha value is -0.380. The van der Waals surface area contributed by atoms with Crippen LogP contribution in [0.2, 0.25) is 0 Å². The van der Waals surface area contributed by atoms with E-state index in [1.807, 2.05) is 0 Å². The summed E-state index contributed by atoms with van der Waals surface area (Å²) in [4.78, 5) is 8.77. The number of phosphoric acid groups is 1. The molecule has 1 atom stereocenters. The summed E-state index contributed by atoms with van der Waals surface area (Å²) in [6, 6.07) is 0. The molecule has 1 unspecified atom stereocenters. The van der Waals surface area contributed by atoms with Crippen LogP contribution >= 0.6 is 7.82 Å². The molecule has 0 spiro atoms. The van der Waals surface area contributed by atoms with Crippen molar-refractivity contribution in [1.29, 1.82) is 0 Å². The predicted octanol–water partition coefficient (Wildman–Crippen LogP) is 3.36. The van der Waals surface area contributed by atoms with E-state index in [0.717, 1.165) is 0 Å². The van der Waals surface area contributed by atoms with Crippen molar-refractivity contribution in [2.24, 2.45) is 0 Å². The zero-order chi connectivity index (χ0) is 15.7. The van der Waals surface area contributed by atoms with Gasteiger partial charge in [0.15, 0.2) is 0 Å². The molecule has 0 heterocycles. The number of alkyl halides is 7. The summed E-state index contributed by atoms with van der Waals surface area (Å²) < 4.78 is 104. The lowest BCUT2D eigenvalue weighted by atomic mass is 10.2. The Kier molecular flexibility index (Phi) is 5.44. The molecule has 0 saturated heterocycles. The normalized spacial score (nSPS) is 17.6. The molecular weight excluding hydrogens is 312 g/mol. The Bertz CT molecular complexity index is 354. The molecule has 1 N–H and O–H groups in total. The number of phosphoric ester groups is 1. The van der Waals surface area contributed by atoms with Crippen molar-refractivity contribution in [3.8, 4) is 0 Å². The summed E-state index contributed by atoms with van der Waals surface area (Å²) in [5, 5.41) is 0. The minimum atomic E-state index is -6.53. The second kappa shape index (κ2) is 5.55. The maximum atomic E-state index is 12.7. The standard InChI is InChI=1S/C7H10F7O4P/c1-4(2)18-19(15,16)17-3-5(8,9)6(10,11)7(12,13)14/h4H,3H2,1-2H3,(H,15,16). The summed E-state index contributed by atoms with van der Waals surface area (Å²) in [7, 11) is -5.15. The van der Waals surface area contributed by atoms with E-state index in [4.69, 9.17) is 4.89 Å². The van der Waals surface area contributed by atoms with E-state index >= 15 is 0 Å². The van der Waals surface area contributed by atoms with Crippen molar-refractivity contribution < 1.29 is 49.2 Å². The fraction of sp³-hybridized carbons (Fsp3) is 1.00. The molecule has 19 heavy (non-hydrogen) atoms. The van der Waals surface area contributed by atoms with Gasteiger partial charge in [0, 0.05) is 0 Å². The first-order valence-electron chi connectivity index (χ1n) is 4.60. The van der Waals surface area contributed by atoms with Crippen LogP contribution in [0.4, 0.5) is 30.7 Å². The molecule has 0 aliphatic rings. The van der Waals surface area contributed by atoms with Gasteiger partial charge in [0.1, 0.15) is 6.61 Å². The molecule has 0 aromatic heterocycles. The van der Waals surface area contributed by atoms with Gasteiger partial charge in [-0.25, -0.2) is 4.57 Å². The minimum Gasteiger partial charge on any atom is -0.302 e. The summed E-state index contributed by atoms with van der Waals surface area (Å²) >= 11 is 0. The van der Waals surface area contributed by atoms with Crippen molar-refractivity contribution in [1.82, 2.24) is 0 Å². The van der Waals surface area contributed by atoms with Gasteiger partial charge in [0.25, 0.3) is 0 Å². The van der Waals surface area contributed by atoms with Crippen LogP contribution in [0, 0.1) is 0 Å². The van der Waals surface area contributed by atoms with Gasteiger partial charge in [-0.05, 0) is 13.8 Å². The van der Waals surface area contributed by atoms with E-state index in [9.17, 15) is 35.3 Å². The molecule has 4 nitrogen and oxygen atoms in total. The van der Waals surface area contributed by atoms with Crippen molar-refractivity contribution in [3.05, 3.63) is 0 Å². The fourth-order valence-electron chi connectivity index (χ4n) is 0.757. The largest absolute Gasteiger partial charge is 0.472 e. The minimum absolute atomic E-state index is 0.993. The van der Waals surface area contributed by atoms with Gasteiger partial charge < -0.3 is 4.89 Å². The molecule has 0 aliphatic heterocycles. The quantitative estimate of drug-likeness (QED) is 0.602. The number of hydrogen-bond donors (Lipinski definition) is 1. The topological polar surface area (TPSA) is 55.8 Å². The second-order valence-corrected chi connectivity index (χ2v) is 5.08. The smallest absolute Gasteiger partial charge is 0.302 e. The SMILES string of the molecule is CC(C)OP(=O)(O)OCC(F)(F)C(F)(F)C(F)(F)F. The van der Waals surface area contributed by atoms with Crippen LogP contribution in [0.25, 0.3) is 0 Å². The van der Waals surface area contributed by atoms with Crippen LogP contribution in [0.1, 0.15) is 13.8 Å². The molecule has 0 saturated carbocycles. The Balaban J connectivity index is 4.85. The van der Waals surface area contributed by atoms with Gasteiger partial charge >= 0.3 is 25.8 Å². The predicted molar refractivity (Wildman–Crippen MR) is 47.9 cm³/mol. The summed E-state index contributed by atoms with van der Waals surface area (Å²) in [5.41, 5.74) is 0. The summed E-state index contributed by atoms with van der Waals surface area (Å²) in [5.74, 6) is -12.1. The highest BCUT2D eigenvalue weighted by molar-refractivity contribution is 7.47. The third-order valence-corrected chi connectivity index (χ3v) is 2.71. The zero-order valence-corrected chi connectivity index (χ0v) is 10.4. The number of rotatable bonds is 6. The third-order valence-electron chi connectivity index (χ3n) is 1.57. The van der Waals surface area contributed by atoms with Gasteiger partial charge in [0.2, 0.25) is 0 Å². The first-order valence-corrected chi connectivity index (χ1v) is 6.10. The maximum absolute atomic E-state index is 12.7. The Morgan fingerprint density at radius 2 is 1.53 bits per heavy atom. The van der Waals surface area contributed by atoms with E-state index in [0.29, 0.717) is 0 Å². The van der Waals surface area contributed by atoms with Crippen molar-refractivity contribution >= 4 is 7.82 Å². The lowest BCUT2D eigenvalue weighted by Crippen LogP contribution is -2.54. The lowest BCUT2D eigenvalue weighted by Gasteiger charge is -2.28. The monoisotopic (exact) mass is 322 g/mol. The summed E-state index contributed by atoms with van der Waals surface area (Å²) in [6.07, 6.45) is -7.52. The molecule has 0 amide bonds. The number of hydrogen-bond acceptors (Lipinski definition) is 3. The van der Waals surface area contributed by atoms with Gasteiger partial charge in [-0.1, -0.05) is 0 Å². The van der Waals surface area contributed by atoms with E-state index in [2.05, 4.69) is 9.05 Å². The Morgan fingerprint density at radius 3 is 1.84 bits per heavy atom. The van der Waals surface area contributed by atoms with Crippen LogP contribution < -0.4 is 0 Å². The van der Waals surface area contributed by atoms with Gasteiger partial charge in [-0.2, -0.15) is 30.7 Å². The molecule has 0 fully saturated rings. The van der Waals surface area contributed by atoms with Crippen molar-refractivity contribution in [2.45, 2.75) is 38.0 Å². The average molecular weight is 322 g/mol. The van der Waals surface area contributed by atoms with Gasteiger partial charge in [-0.15, -0.1) is 0 Å². The molecule has 0 rings (SSSR count). The highest BCUT2D eigenvalue weighted by atomic mass is 31.2. The van der Waals surface area contributed by atoms with Gasteiger partial charge in [0.05, 0.1) is 6.10 Å². The van der Waals surface area contributed by atoms with Crippen molar-refractivity contribution in [3.63, 3.8) is 0 Å². The highest BCUT2D eigenvalue weighted by Crippen LogP contribution is 2.50. The fourth-order valence-corrected chi connectivity index (χ4v) is 1.68. The van der Waals surface area contributed by atoms with E-state index < -0.39 is 38.6 Å². The molecule has 0 aliphatic carbocycles. The van der Waals surface area contributed by atoms with E-state index in [1.165, 1.54) is 13.8 Å². The van der Waals surface area contributed by atoms with Crippen LogP contribution in [0.5, 0.6) is 0 Å². The highest BCUT2D eigenvalue weighted by Gasteiger charge is 2.73. The first-order chi connectivity index (χ1) is 8.12. The molecule has 0 aromatic carbocycles. The first kappa shape index (κ1) is 18.6. The maximum Gasteiger partial charge on any atom is 0.472 e. The van der Waals surface area contributed by atoms with Crippen LogP contribution in [0.3, 0.4) is 0 Å². The molecule has 12 heteroatoms. The summed E-state index contributed by atoms with van der Waals surface area (Å²) in [6.45, 7) is -0.247. The van der Waals surface area contributed by atoms with Gasteiger partial charge in [-0.3, -0.25) is 9.05 Å². The second-order valence-electron chi connectivity index (χ2n) is 3.67. The van der Waals surface area contributed by atoms with E-state index in [1.54, 1.807) is 0 Å². The Labute approximate surface area is 103 Å². The van der Waals surface area contributed by atoms with Crippen molar-refractivity contribution in [2.75, 3.05) is 6.61 Å².